The van der Waals surface area contributed by atoms with Crippen molar-refractivity contribution in [2.24, 2.45) is 0 Å². The molecule has 1 heterocycles. The minimum Gasteiger partial charge on any atom is -0.316 e. The van der Waals surface area contributed by atoms with Gasteiger partial charge in [0.05, 0.1) is 11.4 Å². The third-order valence-electron chi connectivity index (χ3n) is 2.69. The Balaban J connectivity index is 2.22. The number of thiazole rings is 1. The molecule has 0 bridgehead atoms. The normalized spacial score (nSPS) is 11.7. The van der Waals surface area contributed by atoms with Crippen LogP contribution in [-0.2, 0) is 23.1 Å². The summed E-state index contributed by atoms with van der Waals surface area (Å²) in [5, 5.41) is 4.57. The molecule has 114 valence electrons. The summed E-state index contributed by atoms with van der Waals surface area (Å²) in [6.45, 7) is 0.622. The Labute approximate surface area is 134 Å². The minimum absolute atomic E-state index is 0.0454. The van der Waals surface area contributed by atoms with Crippen molar-refractivity contribution in [2.75, 3.05) is 7.05 Å². The maximum Gasteiger partial charge on any atom is 0.304 e. The van der Waals surface area contributed by atoms with Crippen molar-refractivity contribution in [1.82, 2.24) is 15.0 Å². The quantitative estimate of drug-likeness (QED) is 0.693. The highest BCUT2D eigenvalue weighted by Crippen LogP contribution is 2.23. The second-order valence-electron chi connectivity index (χ2n) is 4.29. The molecule has 0 amide bonds. The molecule has 21 heavy (non-hydrogen) atoms. The molecular weight excluding hydrogens is 378 g/mol. The first-order valence-corrected chi connectivity index (χ1v) is 9.17. The van der Waals surface area contributed by atoms with Crippen LogP contribution in [0.2, 0.25) is 0 Å². The zero-order valence-electron chi connectivity index (χ0n) is 11.1. The maximum absolute atomic E-state index is 12.3. The van der Waals surface area contributed by atoms with Crippen molar-refractivity contribution in [1.29, 1.82) is 0 Å². The number of aromatic nitrogens is 1. The van der Waals surface area contributed by atoms with E-state index < -0.39 is 10.0 Å². The fraction of sp³-hybridized carbons (Fsp3) is 0.250. The van der Waals surface area contributed by atoms with Gasteiger partial charge in [0.25, 0.3) is 0 Å². The lowest BCUT2D eigenvalue weighted by Crippen LogP contribution is -2.24. The maximum atomic E-state index is 12.3. The second kappa shape index (κ2) is 6.84. The van der Waals surface area contributed by atoms with Gasteiger partial charge in [0.2, 0.25) is 10.0 Å². The SMILES string of the molecule is CNCc1ccc(Br)c(S(=O)(=O)NCc2csc(=O)[nH]2)c1. The fourth-order valence-electron chi connectivity index (χ4n) is 1.72. The Morgan fingerprint density at radius 1 is 1.33 bits per heavy atom. The van der Waals surface area contributed by atoms with Gasteiger partial charge in [0.1, 0.15) is 0 Å². The van der Waals surface area contributed by atoms with Crippen LogP contribution in [-0.4, -0.2) is 20.4 Å². The number of halogens is 1. The van der Waals surface area contributed by atoms with Crippen LogP contribution in [0.1, 0.15) is 11.3 Å². The average Bonchev–Trinajstić information content (AvgIpc) is 2.85. The molecule has 3 N–H and O–H groups in total. The van der Waals surface area contributed by atoms with Gasteiger partial charge in [-0.2, -0.15) is 0 Å². The predicted molar refractivity (Wildman–Crippen MR) is 85.9 cm³/mol. The number of H-pyrrole nitrogens is 1. The Hall–Kier alpha value is -1.00. The van der Waals surface area contributed by atoms with E-state index in [9.17, 15) is 13.2 Å². The molecule has 0 saturated carbocycles. The molecule has 2 aromatic rings. The van der Waals surface area contributed by atoms with E-state index in [1.807, 2.05) is 6.07 Å². The van der Waals surface area contributed by atoms with Gasteiger partial charge < -0.3 is 10.3 Å². The Morgan fingerprint density at radius 3 is 2.71 bits per heavy atom. The van der Waals surface area contributed by atoms with Crippen molar-refractivity contribution in [2.45, 2.75) is 18.0 Å². The fourth-order valence-corrected chi connectivity index (χ4v) is 4.32. The van der Waals surface area contributed by atoms with Crippen LogP contribution in [0.3, 0.4) is 0 Å². The molecule has 2 rings (SSSR count). The summed E-state index contributed by atoms with van der Waals surface area (Å²) in [6.07, 6.45) is 0. The first kappa shape index (κ1) is 16.4. The van der Waals surface area contributed by atoms with Crippen molar-refractivity contribution in [3.05, 3.63) is 49.0 Å². The summed E-state index contributed by atoms with van der Waals surface area (Å²) in [4.78, 5) is 13.6. The molecular formula is C12H14BrN3O3S2. The van der Waals surface area contributed by atoms with Gasteiger partial charge in [-0.25, -0.2) is 13.1 Å². The van der Waals surface area contributed by atoms with Crippen LogP contribution in [0.15, 0.2) is 37.7 Å². The Kier molecular flexibility index (Phi) is 5.33. The van der Waals surface area contributed by atoms with Gasteiger partial charge in [-0.05, 0) is 40.7 Å². The first-order valence-electron chi connectivity index (χ1n) is 6.02. The molecule has 1 aromatic heterocycles. The van der Waals surface area contributed by atoms with Gasteiger partial charge in [0.15, 0.2) is 0 Å². The van der Waals surface area contributed by atoms with E-state index in [1.54, 1.807) is 24.6 Å². The summed E-state index contributed by atoms with van der Waals surface area (Å²) in [7, 11) is -1.87. The van der Waals surface area contributed by atoms with Gasteiger partial charge in [-0.1, -0.05) is 17.4 Å². The molecule has 0 radical (unpaired) electrons. The largest absolute Gasteiger partial charge is 0.316 e. The van der Waals surface area contributed by atoms with Crippen LogP contribution in [0.25, 0.3) is 0 Å². The summed E-state index contributed by atoms with van der Waals surface area (Å²) >= 11 is 4.25. The molecule has 0 aliphatic carbocycles. The molecule has 9 heteroatoms. The lowest BCUT2D eigenvalue weighted by Gasteiger charge is -2.10. The highest BCUT2D eigenvalue weighted by atomic mass is 79.9. The van der Waals surface area contributed by atoms with E-state index in [2.05, 4.69) is 31.0 Å². The lowest BCUT2D eigenvalue weighted by atomic mass is 10.2. The van der Waals surface area contributed by atoms with Crippen molar-refractivity contribution in [3.63, 3.8) is 0 Å². The molecule has 0 spiro atoms. The number of hydrogen-bond donors (Lipinski definition) is 3. The van der Waals surface area contributed by atoms with Gasteiger partial charge in [0, 0.05) is 22.1 Å². The van der Waals surface area contributed by atoms with E-state index in [-0.39, 0.29) is 16.3 Å². The number of nitrogens with one attached hydrogen (secondary N) is 3. The highest BCUT2D eigenvalue weighted by Gasteiger charge is 2.18. The topological polar surface area (TPSA) is 91.1 Å². The average molecular weight is 392 g/mol. The Morgan fingerprint density at radius 2 is 2.10 bits per heavy atom. The highest BCUT2D eigenvalue weighted by molar-refractivity contribution is 9.10. The molecule has 1 aromatic carbocycles. The number of benzene rings is 1. The summed E-state index contributed by atoms with van der Waals surface area (Å²) in [5.41, 5.74) is 1.40. The third-order valence-corrected chi connectivity index (χ3v) is 5.80. The van der Waals surface area contributed by atoms with E-state index in [4.69, 9.17) is 0 Å². The van der Waals surface area contributed by atoms with E-state index in [1.165, 1.54) is 0 Å². The van der Waals surface area contributed by atoms with Crippen molar-refractivity contribution < 1.29 is 8.42 Å². The molecule has 0 aliphatic rings. The zero-order valence-corrected chi connectivity index (χ0v) is 14.4. The van der Waals surface area contributed by atoms with Gasteiger partial charge in [-0.3, -0.25) is 4.79 Å². The van der Waals surface area contributed by atoms with Crippen LogP contribution in [0.5, 0.6) is 0 Å². The zero-order chi connectivity index (χ0) is 15.5. The molecule has 0 fully saturated rings. The lowest BCUT2D eigenvalue weighted by molar-refractivity contribution is 0.580. The van der Waals surface area contributed by atoms with Crippen LogP contribution >= 0.6 is 27.3 Å². The third kappa shape index (κ3) is 4.24. The van der Waals surface area contributed by atoms with E-state index in [0.29, 0.717) is 16.7 Å². The molecule has 0 aliphatic heterocycles. The van der Waals surface area contributed by atoms with Crippen LogP contribution in [0, 0.1) is 0 Å². The molecule has 6 nitrogen and oxygen atoms in total. The number of sulfonamides is 1. The molecule has 0 unspecified atom stereocenters. The number of hydrogen-bond acceptors (Lipinski definition) is 5. The van der Waals surface area contributed by atoms with Crippen LogP contribution in [0.4, 0.5) is 0 Å². The van der Waals surface area contributed by atoms with E-state index >= 15 is 0 Å². The summed E-state index contributed by atoms with van der Waals surface area (Å²) in [6, 6.07) is 5.16. The monoisotopic (exact) mass is 391 g/mol. The smallest absolute Gasteiger partial charge is 0.304 e. The number of rotatable bonds is 6. The summed E-state index contributed by atoms with van der Waals surface area (Å²) in [5.74, 6) is 0. The predicted octanol–water partition coefficient (Wildman–Crippen LogP) is 1.40. The van der Waals surface area contributed by atoms with Gasteiger partial charge >= 0.3 is 4.87 Å². The van der Waals surface area contributed by atoms with Crippen molar-refractivity contribution >= 4 is 37.3 Å². The van der Waals surface area contributed by atoms with Crippen molar-refractivity contribution in [3.8, 4) is 0 Å². The standard InChI is InChI=1S/C12H14BrN3O3S2/c1-14-5-8-2-3-10(13)11(4-8)21(18,19)15-6-9-7-20-12(17)16-9/h2-4,7,14-15H,5-6H2,1H3,(H,16,17). The summed E-state index contributed by atoms with van der Waals surface area (Å²) < 4.78 is 27.6. The first-order chi connectivity index (χ1) is 9.92. The second-order valence-corrected chi connectivity index (χ2v) is 7.72. The number of aromatic amines is 1. The molecule has 0 saturated heterocycles. The molecule has 0 atom stereocenters. The Bertz CT molecular complexity index is 783. The minimum atomic E-state index is -3.66. The van der Waals surface area contributed by atoms with E-state index in [0.717, 1.165) is 16.9 Å². The van der Waals surface area contributed by atoms with Crippen LogP contribution < -0.4 is 14.9 Å². The van der Waals surface area contributed by atoms with Gasteiger partial charge in [-0.15, -0.1) is 0 Å².